The van der Waals surface area contributed by atoms with Crippen LogP contribution in [-0.4, -0.2) is 27.9 Å². The molecule has 0 saturated heterocycles. The SMILES string of the molecule is Cc1ccc([C@@H](O)CNC(=O)Nc2nnc(C)s2)cc1. The molecule has 0 fully saturated rings. The number of aliphatic hydroxyl groups is 1. The highest BCUT2D eigenvalue weighted by atomic mass is 32.1. The number of rotatable bonds is 4. The summed E-state index contributed by atoms with van der Waals surface area (Å²) in [7, 11) is 0. The summed E-state index contributed by atoms with van der Waals surface area (Å²) in [5.74, 6) is 0. The van der Waals surface area contributed by atoms with E-state index < -0.39 is 12.1 Å². The maximum absolute atomic E-state index is 11.6. The van der Waals surface area contributed by atoms with E-state index >= 15 is 0 Å². The minimum atomic E-state index is -0.738. The minimum Gasteiger partial charge on any atom is -0.387 e. The average Bonchev–Trinajstić information content (AvgIpc) is 2.82. The molecular weight excluding hydrogens is 276 g/mol. The van der Waals surface area contributed by atoms with Gasteiger partial charge in [0.25, 0.3) is 0 Å². The molecule has 1 heterocycles. The molecule has 1 atom stereocenters. The van der Waals surface area contributed by atoms with Crippen molar-refractivity contribution in [3.05, 3.63) is 40.4 Å². The molecule has 20 heavy (non-hydrogen) atoms. The molecule has 0 spiro atoms. The molecule has 0 unspecified atom stereocenters. The monoisotopic (exact) mass is 292 g/mol. The molecule has 1 aromatic heterocycles. The molecule has 2 amide bonds. The second kappa shape index (κ2) is 6.44. The van der Waals surface area contributed by atoms with Crippen LogP contribution in [0.1, 0.15) is 22.2 Å². The van der Waals surface area contributed by atoms with Crippen LogP contribution >= 0.6 is 11.3 Å². The predicted octanol–water partition coefficient (Wildman–Crippen LogP) is 2.01. The second-order valence-electron chi connectivity index (χ2n) is 4.39. The number of amides is 2. The van der Waals surface area contributed by atoms with Gasteiger partial charge in [-0.15, -0.1) is 10.2 Å². The first-order chi connectivity index (χ1) is 9.54. The number of nitrogens with one attached hydrogen (secondary N) is 2. The lowest BCUT2D eigenvalue weighted by Crippen LogP contribution is -2.32. The average molecular weight is 292 g/mol. The Bertz CT molecular complexity index is 582. The van der Waals surface area contributed by atoms with E-state index in [1.165, 1.54) is 11.3 Å². The standard InChI is InChI=1S/C13H16N4O2S/c1-8-3-5-10(6-4-8)11(18)7-14-12(19)15-13-17-16-9(2)20-13/h3-6,11,18H,7H2,1-2H3,(H2,14,15,17,19)/t11-/m0/s1. The van der Waals surface area contributed by atoms with Gasteiger partial charge in [0.2, 0.25) is 5.13 Å². The lowest BCUT2D eigenvalue weighted by molar-refractivity contribution is 0.175. The van der Waals surface area contributed by atoms with Gasteiger partial charge in [-0.3, -0.25) is 5.32 Å². The molecular formula is C13H16N4O2S. The maximum Gasteiger partial charge on any atom is 0.321 e. The summed E-state index contributed by atoms with van der Waals surface area (Å²) in [5, 5.41) is 23.9. The largest absolute Gasteiger partial charge is 0.387 e. The van der Waals surface area contributed by atoms with Crippen LogP contribution in [0.4, 0.5) is 9.93 Å². The molecule has 1 aromatic carbocycles. The molecule has 2 aromatic rings. The van der Waals surface area contributed by atoms with E-state index in [4.69, 9.17) is 0 Å². The Labute approximate surface area is 120 Å². The van der Waals surface area contributed by atoms with Gasteiger partial charge in [-0.2, -0.15) is 0 Å². The number of nitrogens with zero attached hydrogens (tertiary/aromatic N) is 2. The van der Waals surface area contributed by atoms with E-state index in [9.17, 15) is 9.90 Å². The number of aryl methyl sites for hydroxylation is 2. The number of benzene rings is 1. The highest BCUT2D eigenvalue weighted by Gasteiger charge is 2.10. The number of aromatic nitrogens is 2. The Balaban J connectivity index is 1.82. The van der Waals surface area contributed by atoms with E-state index in [2.05, 4.69) is 20.8 Å². The molecule has 0 aliphatic rings. The zero-order valence-corrected chi connectivity index (χ0v) is 12.1. The topological polar surface area (TPSA) is 87.1 Å². The summed E-state index contributed by atoms with van der Waals surface area (Å²) in [4.78, 5) is 11.6. The van der Waals surface area contributed by atoms with Crippen LogP contribution in [0.5, 0.6) is 0 Å². The van der Waals surface area contributed by atoms with E-state index in [1.54, 1.807) is 0 Å². The maximum atomic E-state index is 11.6. The number of carbonyl (C=O) groups is 1. The number of hydrogen-bond acceptors (Lipinski definition) is 5. The second-order valence-corrected chi connectivity index (χ2v) is 5.57. The lowest BCUT2D eigenvalue weighted by Gasteiger charge is -2.12. The summed E-state index contributed by atoms with van der Waals surface area (Å²) < 4.78 is 0. The quantitative estimate of drug-likeness (QED) is 0.804. The Morgan fingerprint density at radius 3 is 2.60 bits per heavy atom. The van der Waals surface area contributed by atoms with Crippen molar-refractivity contribution in [2.24, 2.45) is 0 Å². The summed E-state index contributed by atoms with van der Waals surface area (Å²) >= 11 is 1.29. The summed E-state index contributed by atoms with van der Waals surface area (Å²) in [6, 6.07) is 7.11. The van der Waals surface area contributed by atoms with E-state index in [0.717, 1.165) is 16.1 Å². The van der Waals surface area contributed by atoms with Gasteiger partial charge in [0.15, 0.2) is 0 Å². The van der Waals surface area contributed by atoms with Crippen molar-refractivity contribution >= 4 is 22.5 Å². The van der Waals surface area contributed by atoms with Gasteiger partial charge in [0.1, 0.15) is 5.01 Å². The molecule has 0 radical (unpaired) electrons. The Hall–Kier alpha value is -1.99. The first kappa shape index (κ1) is 14.4. The van der Waals surface area contributed by atoms with E-state index in [0.29, 0.717) is 5.13 Å². The first-order valence-corrected chi connectivity index (χ1v) is 6.96. The van der Waals surface area contributed by atoms with Crippen molar-refractivity contribution in [2.75, 3.05) is 11.9 Å². The van der Waals surface area contributed by atoms with Gasteiger partial charge >= 0.3 is 6.03 Å². The van der Waals surface area contributed by atoms with Gasteiger partial charge in [0, 0.05) is 6.54 Å². The van der Waals surface area contributed by atoms with Crippen LogP contribution in [0.2, 0.25) is 0 Å². The summed E-state index contributed by atoms with van der Waals surface area (Å²) in [5.41, 5.74) is 1.89. The minimum absolute atomic E-state index is 0.132. The van der Waals surface area contributed by atoms with Crippen molar-refractivity contribution < 1.29 is 9.90 Å². The molecule has 6 nitrogen and oxygen atoms in total. The fraction of sp³-hybridized carbons (Fsp3) is 0.308. The molecule has 0 aliphatic carbocycles. The molecule has 106 valence electrons. The first-order valence-electron chi connectivity index (χ1n) is 6.14. The fourth-order valence-corrected chi connectivity index (χ4v) is 2.17. The third kappa shape index (κ3) is 4.01. The third-order valence-corrected chi connectivity index (χ3v) is 3.42. The zero-order valence-electron chi connectivity index (χ0n) is 11.3. The highest BCUT2D eigenvalue weighted by Crippen LogP contribution is 2.14. The zero-order chi connectivity index (χ0) is 14.5. The van der Waals surface area contributed by atoms with Crippen LogP contribution in [0.3, 0.4) is 0 Å². The van der Waals surface area contributed by atoms with Crippen molar-refractivity contribution in [1.29, 1.82) is 0 Å². The highest BCUT2D eigenvalue weighted by molar-refractivity contribution is 7.15. The number of aliphatic hydroxyl groups excluding tert-OH is 1. The predicted molar refractivity (Wildman–Crippen MR) is 77.8 cm³/mol. The van der Waals surface area contributed by atoms with Crippen molar-refractivity contribution in [1.82, 2.24) is 15.5 Å². The molecule has 0 saturated carbocycles. The molecule has 3 N–H and O–H groups in total. The van der Waals surface area contributed by atoms with Crippen LogP contribution in [0.25, 0.3) is 0 Å². The summed E-state index contributed by atoms with van der Waals surface area (Å²) in [6.45, 7) is 3.92. The van der Waals surface area contributed by atoms with Gasteiger partial charge < -0.3 is 10.4 Å². The van der Waals surface area contributed by atoms with Crippen molar-refractivity contribution in [3.8, 4) is 0 Å². The van der Waals surface area contributed by atoms with Gasteiger partial charge in [-0.25, -0.2) is 4.79 Å². The lowest BCUT2D eigenvalue weighted by atomic mass is 10.1. The molecule has 7 heteroatoms. The number of urea groups is 1. The van der Waals surface area contributed by atoms with Crippen molar-refractivity contribution in [2.45, 2.75) is 20.0 Å². The Morgan fingerprint density at radius 1 is 1.30 bits per heavy atom. The van der Waals surface area contributed by atoms with Crippen LogP contribution in [-0.2, 0) is 0 Å². The number of hydrogen-bond donors (Lipinski definition) is 3. The molecule has 0 aliphatic heterocycles. The van der Waals surface area contributed by atoms with Crippen LogP contribution in [0, 0.1) is 13.8 Å². The van der Waals surface area contributed by atoms with Gasteiger partial charge in [0.05, 0.1) is 6.10 Å². The van der Waals surface area contributed by atoms with Crippen LogP contribution < -0.4 is 10.6 Å². The number of anilines is 1. The normalized spacial score (nSPS) is 11.9. The van der Waals surface area contributed by atoms with Gasteiger partial charge in [-0.1, -0.05) is 41.2 Å². The van der Waals surface area contributed by atoms with Crippen molar-refractivity contribution in [3.63, 3.8) is 0 Å². The fourth-order valence-electron chi connectivity index (χ4n) is 1.58. The molecule has 0 bridgehead atoms. The third-order valence-electron chi connectivity index (χ3n) is 2.66. The Kier molecular flexibility index (Phi) is 4.65. The Morgan fingerprint density at radius 2 is 2.00 bits per heavy atom. The summed E-state index contributed by atoms with van der Waals surface area (Å²) in [6.07, 6.45) is -0.738. The number of carbonyl (C=O) groups excluding carboxylic acids is 1. The van der Waals surface area contributed by atoms with E-state index in [1.807, 2.05) is 38.1 Å². The van der Waals surface area contributed by atoms with E-state index in [-0.39, 0.29) is 6.54 Å². The smallest absolute Gasteiger partial charge is 0.321 e. The van der Waals surface area contributed by atoms with Crippen LogP contribution in [0.15, 0.2) is 24.3 Å². The van der Waals surface area contributed by atoms with Gasteiger partial charge in [-0.05, 0) is 19.4 Å². The molecule has 2 rings (SSSR count).